The summed E-state index contributed by atoms with van der Waals surface area (Å²) < 4.78 is 26.5. The van der Waals surface area contributed by atoms with E-state index in [0.29, 0.717) is 0 Å². The zero-order chi connectivity index (χ0) is 14.5. The van der Waals surface area contributed by atoms with Crippen LogP contribution in [0.3, 0.4) is 0 Å². The molecule has 0 saturated heterocycles. The summed E-state index contributed by atoms with van der Waals surface area (Å²) in [6, 6.07) is 0.948. The zero-order valence-corrected chi connectivity index (χ0v) is 12.0. The minimum atomic E-state index is -3.65. The number of carbonyl (C=O) groups is 1. The van der Waals surface area contributed by atoms with E-state index in [1.54, 1.807) is 6.92 Å². The highest BCUT2D eigenvalue weighted by atomic mass is 32.2. The molecule has 1 unspecified atom stereocenters. The van der Waals surface area contributed by atoms with E-state index < -0.39 is 16.0 Å². The van der Waals surface area contributed by atoms with Crippen molar-refractivity contribution in [1.29, 1.82) is 0 Å². The lowest BCUT2D eigenvalue weighted by molar-refractivity contribution is 0.0691. The van der Waals surface area contributed by atoms with E-state index >= 15 is 0 Å². The number of aromatic amines is 1. The molecule has 0 saturated carbocycles. The maximum absolute atomic E-state index is 12.0. The van der Waals surface area contributed by atoms with Crippen molar-refractivity contribution < 1.29 is 18.3 Å². The third kappa shape index (κ3) is 4.68. The van der Waals surface area contributed by atoms with E-state index in [1.807, 2.05) is 0 Å². The monoisotopic (exact) mass is 288 g/mol. The molecular weight excluding hydrogens is 268 g/mol. The van der Waals surface area contributed by atoms with E-state index in [4.69, 9.17) is 5.11 Å². The highest BCUT2D eigenvalue weighted by Crippen LogP contribution is 2.12. The van der Waals surface area contributed by atoms with Gasteiger partial charge in [0.1, 0.15) is 10.6 Å². The Labute approximate surface area is 113 Å². The number of hydrogen-bond acceptors (Lipinski definition) is 3. The number of carboxylic acid groups (broad SMARTS) is 1. The lowest BCUT2D eigenvalue weighted by atomic mass is 10.1. The van der Waals surface area contributed by atoms with Crippen LogP contribution < -0.4 is 4.72 Å². The largest absolute Gasteiger partial charge is 0.477 e. The molecule has 0 bridgehead atoms. The molecule has 0 amide bonds. The molecule has 3 N–H and O–H groups in total. The van der Waals surface area contributed by atoms with Crippen LogP contribution >= 0.6 is 0 Å². The third-order valence-electron chi connectivity index (χ3n) is 2.79. The molecular formula is C12H20N2O4S. The number of nitrogens with one attached hydrogen (secondary N) is 2. The van der Waals surface area contributed by atoms with E-state index in [2.05, 4.69) is 16.6 Å². The maximum atomic E-state index is 12.0. The van der Waals surface area contributed by atoms with Crippen LogP contribution in [0.15, 0.2) is 17.2 Å². The second-order valence-corrected chi connectivity index (χ2v) is 6.29. The lowest BCUT2D eigenvalue weighted by Gasteiger charge is -2.12. The van der Waals surface area contributed by atoms with Gasteiger partial charge in [-0.2, -0.15) is 0 Å². The van der Waals surface area contributed by atoms with Gasteiger partial charge in [0.2, 0.25) is 10.0 Å². The fourth-order valence-electron chi connectivity index (χ4n) is 1.75. The van der Waals surface area contributed by atoms with Gasteiger partial charge < -0.3 is 10.1 Å². The van der Waals surface area contributed by atoms with E-state index in [9.17, 15) is 13.2 Å². The maximum Gasteiger partial charge on any atom is 0.352 e. The van der Waals surface area contributed by atoms with Gasteiger partial charge in [-0.05, 0) is 19.4 Å². The highest BCUT2D eigenvalue weighted by Gasteiger charge is 2.20. The molecule has 0 fully saturated rings. The molecule has 1 aromatic rings. The van der Waals surface area contributed by atoms with Gasteiger partial charge in [0.15, 0.2) is 0 Å². The molecule has 19 heavy (non-hydrogen) atoms. The van der Waals surface area contributed by atoms with Crippen molar-refractivity contribution in [3.63, 3.8) is 0 Å². The summed E-state index contributed by atoms with van der Waals surface area (Å²) in [5.74, 6) is -1.18. The number of carboxylic acids is 1. The SMILES string of the molecule is CCCCCC(C)NS(=O)(=O)c1c[nH]c(C(=O)O)c1. The number of aromatic nitrogens is 1. The Balaban J connectivity index is 2.66. The first-order valence-corrected chi connectivity index (χ1v) is 7.79. The minimum Gasteiger partial charge on any atom is -0.477 e. The molecule has 0 aliphatic rings. The van der Waals surface area contributed by atoms with Crippen LogP contribution in [0.1, 0.15) is 50.0 Å². The Kier molecular flexibility index (Phi) is 5.56. The average molecular weight is 288 g/mol. The number of sulfonamides is 1. The summed E-state index contributed by atoms with van der Waals surface area (Å²) in [6.45, 7) is 3.89. The molecule has 0 aromatic carbocycles. The minimum absolute atomic E-state index is 0.0489. The van der Waals surface area contributed by atoms with Gasteiger partial charge in [-0.25, -0.2) is 17.9 Å². The first kappa shape index (κ1) is 15.7. The molecule has 0 spiro atoms. The van der Waals surface area contributed by atoms with E-state index in [0.717, 1.165) is 31.7 Å². The average Bonchev–Trinajstić information content (AvgIpc) is 2.78. The summed E-state index contributed by atoms with van der Waals surface area (Å²) in [5, 5.41) is 8.74. The Bertz CT molecular complexity index is 522. The predicted octanol–water partition coefficient (Wildman–Crippen LogP) is 1.96. The zero-order valence-electron chi connectivity index (χ0n) is 11.1. The van der Waals surface area contributed by atoms with E-state index in [1.165, 1.54) is 6.20 Å². The molecule has 0 radical (unpaired) electrons. The highest BCUT2D eigenvalue weighted by molar-refractivity contribution is 7.89. The van der Waals surface area contributed by atoms with Crippen molar-refractivity contribution in [2.45, 2.75) is 50.5 Å². The predicted molar refractivity (Wildman–Crippen MR) is 71.7 cm³/mol. The number of H-pyrrole nitrogens is 1. The summed E-state index contributed by atoms with van der Waals surface area (Å²) >= 11 is 0. The lowest BCUT2D eigenvalue weighted by Crippen LogP contribution is -2.32. The van der Waals surface area contributed by atoms with Crippen molar-refractivity contribution in [3.8, 4) is 0 Å². The van der Waals surface area contributed by atoms with Gasteiger partial charge >= 0.3 is 5.97 Å². The van der Waals surface area contributed by atoms with Gasteiger partial charge in [0, 0.05) is 12.2 Å². The molecule has 1 atom stereocenters. The van der Waals surface area contributed by atoms with Crippen LogP contribution in [-0.2, 0) is 10.0 Å². The first-order valence-electron chi connectivity index (χ1n) is 6.31. The molecule has 0 aliphatic carbocycles. The summed E-state index contributed by atoms with van der Waals surface area (Å²) in [7, 11) is -3.65. The van der Waals surface area contributed by atoms with Gasteiger partial charge in [-0.1, -0.05) is 26.2 Å². The summed E-state index contributed by atoms with van der Waals surface area (Å²) in [5.41, 5.74) is -0.140. The standard InChI is InChI=1S/C12H20N2O4S/c1-3-4-5-6-9(2)14-19(17,18)10-7-11(12(15)16)13-8-10/h7-9,13-14H,3-6H2,1-2H3,(H,15,16). The Morgan fingerprint density at radius 1 is 1.47 bits per heavy atom. The van der Waals surface area contributed by atoms with E-state index in [-0.39, 0.29) is 16.6 Å². The quantitative estimate of drug-likeness (QED) is 0.637. The molecule has 7 heteroatoms. The molecule has 1 aromatic heterocycles. The second-order valence-electron chi connectivity index (χ2n) is 4.57. The molecule has 1 rings (SSSR count). The molecule has 0 aliphatic heterocycles. The molecule has 1 heterocycles. The fourth-order valence-corrected chi connectivity index (χ4v) is 3.02. The number of aromatic carboxylic acids is 1. The van der Waals surface area contributed by atoms with Crippen molar-refractivity contribution >= 4 is 16.0 Å². The Hall–Kier alpha value is -1.34. The van der Waals surface area contributed by atoms with Crippen LogP contribution in [-0.4, -0.2) is 30.5 Å². The smallest absolute Gasteiger partial charge is 0.352 e. The van der Waals surface area contributed by atoms with Crippen molar-refractivity contribution in [2.24, 2.45) is 0 Å². The van der Waals surface area contributed by atoms with Crippen LogP contribution in [0.25, 0.3) is 0 Å². The van der Waals surface area contributed by atoms with Gasteiger partial charge in [0.25, 0.3) is 0 Å². The van der Waals surface area contributed by atoms with Crippen molar-refractivity contribution in [1.82, 2.24) is 9.71 Å². The van der Waals surface area contributed by atoms with Crippen LogP contribution in [0, 0.1) is 0 Å². The number of unbranched alkanes of at least 4 members (excludes halogenated alkanes) is 2. The van der Waals surface area contributed by atoms with Crippen molar-refractivity contribution in [3.05, 3.63) is 18.0 Å². The van der Waals surface area contributed by atoms with Crippen LogP contribution in [0.4, 0.5) is 0 Å². The normalized spacial score (nSPS) is 13.4. The Morgan fingerprint density at radius 3 is 2.68 bits per heavy atom. The van der Waals surface area contributed by atoms with Crippen LogP contribution in [0.5, 0.6) is 0 Å². The molecule has 6 nitrogen and oxygen atoms in total. The van der Waals surface area contributed by atoms with Gasteiger partial charge in [-0.15, -0.1) is 0 Å². The fraction of sp³-hybridized carbons (Fsp3) is 0.583. The van der Waals surface area contributed by atoms with Crippen LogP contribution in [0.2, 0.25) is 0 Å². The molecule has 108 valence electrons. The first-order chi connectivity index (χ1) is 8.86. The second kappa shape index (κ2) is 6.72. The summed E-state index contributed by atoms with van der Waals surface area (Å²) in [4.78, 5) is 13.1. The summed E-state index contributed by atoms with van der Waals surface area (Å²) in [6.07, 6.45) is 5.07. The van der Waals surface area contributed by atoms with Gasteiger partial charge in [-0.3, -0.25) is 0 Å². The third-order valence-corrected chi connectivity index (χ3v) is 4.36. The van der Waals surface area contributed by atoms with Crippen molar-refractivity contribution in [2.75, 3.05) is 0 Å². The van der Waals surface area contributed by atoms with Gasteiger partial charge in [0.05, 0.1) is 0 Å². The number of rotatable bonds is 8. The Morgan fingerprint density at radius 2 is 2.16 bits per heavy atom. The topological polar surface area (TPSA) is 99.3 Å². The number of hydrogen-bond donors (Lipinski definition) is 3.